The summed E-state index contributed by atoms with van der Waals surface area (Å²) in [6.45, 7) is 0. The standard InChI is InChI=1S/C23H12F3NO4/c24-23(25,26)21(29)17-19(28)15-11-10-14-13-8-4-5-9-16(13)31-20(14)18(15)27(22(17)30)12-6-2-1-3-7-12/h1-11,28H. The van der Waals surface area contributed by atoms with Crippen LogP contribution in [0, 0.1) is 0 Å². The lowest BCUT2D eigenvalue weighted by Gasteiger charge is -2.15. The van der Waals surface area contributed by atoms with Crippen LogP contribution in [-0.2, 0) is 0 Å². The van der Waals surface area contributed by atoms with Crippen LogP contribution in [0.2, 0.25) is 0 Å². The Hall–Kier alpha value is -4.07. The second kappa shape index (κ2) is 6.46. The number of aromatic hydroxyl groups is 1. The molecule has 0 spiro atoms. The number of fused-ring (bicyclic) bond motifs is 5. The number of hydrogen-bond acceptors (Lipinski definition) is 4. The molecule has 0 saturated carbocycles. The highest BCUT2D eigenvalue weighted by Crippen LogP contribution is 2.39. The van der Waals surface area contributed by atoms with Crippen LogP contribution >= 0.6 is 0 Å². The Labute approximate surface area is 171 Å². The summed E-state index contributed by atoms with van der Waals surface area (Å²) in [5.74, 6) is -3.44. The van der Waals surface area contributed by atoms with Crippen LogP contribution in [0.1, 0.15) is 10.4 Å². The largest absolute Gasteiger partial charge is 0.506 e. The molecule has 2 aromatic heterocycles. The maximum absolute atomic E-state index is 13.2. The van der Waals surface area contributed by atoms with Gasteiger partial charge in [0.05, 0.1) is 0 Å². The summed E-state index contributed by atoms with van der Waals surface area (Å²) >= 11 is 0. The van der Waals surface area contributed by atoms with Gasteiger partial charge in [-0.3, -0.25) is 14.2 Å². The minimum Gasteiger partial charge on any atom is -0.506 e. The van der Waals surface area contributed by atoms with Gasteiger partial charge in [-0.15, -0.1) is 0 Å². The van der Waals surface area contributed by atoms with Gasteiger partial charge < -0.3 is 9.52 Å². The van der Waals surface area contributed by atoms with Crippen LogP contribution in [0.15, 0.2) is 75.9 Å². The zero-order valence-electron chi connectivity index (χ0n) is 15.6. The smallest absolute Gasteiger partial charge is 0.455 e. The Morgan fingerprint density at radius 1 is 0.871 bits per heavy atom. The molecular formula is C23H12F3NO4. The summed E-state index contributed by atoms with van der Waals surface area (Å²) < 4.78 is 46.5. The van der Waals surface area contributed by atoms with Crippen molar-refractivity contribution >= 4 is 38.6 Å². The Morgan fingerprint density at radius 2 is 1.52 bits per heavy atom. The molecule has 154 valence electrons. The van der Waals surface area contributed by atoms with E-state index in [2.05, 4.69) is 0 Å². The molecule has 5 aromatic rings. The summed E-state index contributed by atoms with van der Waals surface area (Å²) in [5, 5.41) is 11.8. The Kier molecular flexibility index (Phi) is 3.95. The number of ketones is 1. The molecule has 3 aromatic carbocycles. The van der Waals surface area contributed by atoms with E-state index in [9.17, 15) is 27.9 Å². The van der Waals surface area contributed by atoms with Crippen molar-refractivity contribution < 1.29 is 27.5 Å². The Morgan fingerprint density at radius 3 is 2.23 bits per heavy atom. The Bertz CT molecular complexity index is 1560. The highest BCUT2D eigenvalue weighted by molar-refractivity contribution is 6.17. The van der Waals surface area contributed by atoms with E-state index >= 15 is 0 Å². The molecule has 2 heterocycles. The third kappa shape index (κ3) is 2.72. The van der Waals surface area contributed by atoms with E-state index in [1.54, 1.807) is 48.5 Å². The summed E-state index contributed by atoms with van der Waals surface area (Å²) in [6.07, 6.45) is -5.33. The minimum atomic E-state index is -5.33. The second-order valence-corrected chi connectivity index (χ2v) is 6.96. The molecule has 1 N–H and O–H groups in total. The molecule has 0 bridgehead atoms. The minimum absolute atomic E-state index is 0.0705. The van der Waals surface area contributed by atoms with Crippen molar-refractivity contribution in [3.05, 3.63) is 82.6 Å². The van der Waals surface area contributed by atoms with Gasteiger partial charge in [0.15, 0.2) is 5.58 Å². The number of benzene rings is 3. The maximum Gasteiger partial charge on any atom is 0.455 e. The van der Waals surface area contributed by atoms with Crippen molar-refractivity contribution in [3.8, 4) is 11.4 Å². The lowest BCUT2D eigenvalue weighted by atomic mass is 10.0. The fourth-order valence-electron chi connectivity index (χ4n) is 3.81. The Balaban J connectivity index is 2.04. The number of carbonyl (C=O) groups excluding carboxylic acids is 1. The molecule has 0 saturated heterocycles. The normalized spacial score (nSPS) is 12.1. The van der Waals surface area contributed by atoms with Gasteiger partial charge in [0.1, 0.15) is 22.4 Å². The van der Waals surface area contributed by atoms with Gasteiger partial charge in [-0.2, -0.15) is 13.2 Å². The van der Waals surface area contributed by atoms with E-state index < -0.39 is 28.8 Å². The summed E-state index contributed by atoms with van der Waals surface area (Å²) in [4.78, 5) is 25.2. The van der Waals surface area contributed by atoms with E-state index in [1.165, 1.54) is 18.2 Å². The van der Waals surface area contributed by atoms with E-state index in [1.807, 2.05) is 0 Å². The third-order valence-corrected chi connectivity index (χ3v) is 5.15. The van der Waals surface area contributed by atoms with Crippen molar-refractivity contribution in [1.82, 2.24) is 4.57 Å². The molecule has 0 aliphatic heterocycles. The first kappa shape index (κ1) is 18.9. The fraction of sp³-hybridized carbons (Fsp3) is 0.0435. The van der Waals surface area contributed by atoms with Gasteiger partial charge in [-0.25, -0.2) is 0 Å². The molecule has 8 heteroatoms. The van der Waals surface area contributed by atoms with Gasteiger partial charge in [0.2, 0.25) is 0 Å². The number of rotatable bonds is 2. The molecule has 0 unspecified atom stereocenters. The van der Waals surface area contributed by atoms with Crippen LogP contribution < -0.4 is 5.56 Å². The van der Waals surface area contributed by atoms with Crippen molar-refractivity contribution in [1.29, 1.82) is 0 Å². The number of halogens is 3. The van der Waals surface area contributed by atoms with Crippen LogP contribution in [0.25, 0.3) is 38.5 Å². The number of aromatic nitrogens is 1. The molecular weight excluding hydrogens is 411 g/mol. The first-order valence-electron chi connectivity index (χ1n) is 9.18. The fourth-order valence-corrected chi connectivity index (χ4v) is 3.81. The zero-order chi connectivity index (χ0) is 21.9. The average molecular weight is 423 g/mol. The van der Waals surface area contributed by atoms with Crippen molar-refractivity contribution in [3.63, 3.8) is 0 Å². The monoisotopic (exact) mass is 423 g/mol. The summed E-state index contributed by atoms with van der Waals surface area (Å²) in [5.41, 5.74) is -1.61. The second-order valence-electron chi connectivity index (χ2n) is 6.96. The molecule has 5 rings (SSSR count). The highest BCUT2D eigenvalue weighted by atomic mass is 19.4. The van der Waals surface area contributed by atoms with Crippen molar-refractivity contribution in [2.75, 3.05) is 0 Å². The van der Waals surface area contributed by atoms with Crippen LogP contribution in [0.3, 0.4) is 0 Å². The van der Waals surface area contributed by atoms with Crippen molar-refractivity contribution in [2.45, 2.75) is 6.18 Å². The maximum atomic E-state index is 13.2. The molecule has 0 radical (unpaired) electrons. The summed E-state index contributed by atoms with van der Waals surface area (Å²) in [7, 11) is 0. The molecule has 0 amide bonds. The lowest BCUT2D eigenvalue weighted by molar-refractivity contribution is -0.0887. The first-order chi connectivity index (χ1) is 14.8. The number of para-hydroxylation sites is 2. The molecule has 0 fully saturated rings. The van der Waals surface area contributed by atoms with Gasteiger partial charge in [0, 0.05) is 21.8 Å². The van der Waals surface area contributed by atoms with Gasteiger partial charge in [0.25, 0.3) is 11.3 Å². The van der Waals surface area contributed by atoms with Gasteiger partial charge >= 0.3 is 6.18 Å². The van der Waals surface area contributed by atoms with E-state index in [0.29, 0.717) is 11.0 Å². The summed E-state index contributed by atoms with van der Waals surface area (Å²) in [6, 6.07) is 17.9. The lowest BCUT2D eigenvalue weighted by Crippen LogP contribution is -2.33. The first-order valence-corrected chi connectivity index (χ1v) is 9.18. The SMILES string of the molecule is O=C(c1c(O)c2ccc3c4ccccc4oc3c2n(-c2ccccc2)c1=O)C(F)(F)F. The average Bonchev–Trinajstić information content (AvgIpc) is 3.13. The quantitative estimate of drug-likeness (QED) is 0.389. The van der Waals surface area contributed by atoms with Crippen LogP contribution in [-0.4, -0.2) is 21.6 Å². The number of furan rings is 1. The molecule has 5 nitrogen and oxygen atoms in total. The number of hydrogen-bond donors (Lipinski definition) is 1. The number of Topliss-reactive ketones (excluding diaryl/α,β-unsaturated/α-hetero) is 1. The van der Waals surface area contributed by atoms with E-state index in [0.717, 1.165) is 9.95 Å². The van der Waals surface area contributed by atoms with E-state index in [4.69, 9.17) is 4.42 Å². The predicted molar refractivity (Wildman–Crippen MR) is 109 cm³/mol. The highest BCUT2D eigenvalue weighted by Gasteiger charge is 2.43. The van der Waals surface area contributed by atoms with Crippen molar-refractivity contribution in [2.24, 2.45) is 0 Å². The number of pyridine rings is 1. The number of carbonyl (C=O) groups is 1. The number of nitrogens with zero attached hydrogens (tertiary/aromatic N) is 1. The van der Waals surface area contributed by atoms with Gasteiger partial charge in [-0.05, 0) is 30.3 Å². The van der Waals surface area contributed by atoms with Gasteiger partial charge in [-0.1, -0.05) is 36.4 Å². The topological polar surface area (TPSA) is 72.4 Å². The van der Waals surface area contributed by atoms with Crippen LogP contribution in [0.5, 0.6) is 5.75 Å². The zero-order valence-corrected chi connectivity index (χ0v) is 15.6. The molecule has 31 heavy (non-hydrogen) atoms. The number of alkyl halides is 3. The van der Waals surface area contributed by atoms with E-state index in [-0.39, 0.29) is 22.2 Å². The molecule has 0 atom stereocenters. The van der Waals surface area contributed by atoms with Crippen LogP contribution in [0.4, 0.5) is 13.2 Å². The third-order valence-electron chi connectivity index (χ3n) is 5.15. The molecule has 0 aliphatic carbocycles. The molecule has 0 aliphatic rings. The predicted octanol–water partition coefficient (Wildman–Crippen LogP) is 5.34.